The fraction of sp³-hybridized carbons (Fsp3) is 0.333. The van der Waals surface area contributed by atoms with Gasteiger partial charge in [0.2, 0.25) is 0 Å². The minimum Gasteiger partial charge on any atom is -0.507 e. The number of likely N-dealkylation sites (tertiary alicyclic amines) is 1. The summed E-state index contributed by atoms with van der Waals surface area (Å²) in [5, 5.41) is 21.6. The van der Waals surface area contributed by atoms with Gasteiger partial charge in [-0.25, -0.2) is 0 Å². The lowest BCUT2D eigenvalue weighted by Crippen LogP contribution is -2.30. The van der Waals surface area contributed by atoms with Crippen molar-refractivity contribution in [3.8, 4) is 17.2 Å². The number of carbonyl (C=O) groups excluding carboxylic acids is 2. The molecule has 1 aliphatic rings. The number of amides is 1. The molecule has 1 heterocycles. The third kappa shape index (κ3) is 4.39. The lowest BCUT2D eigenvalue weighted by molar-refractivity contribution is -0.139. The van der Waals surface area contributed by atoms with Crippen molar-refractivity contribution in [1.82, 2.24) is 4.90 Å². The van der Waals surface area contributed by atoms with Crippen LogP contribution in [-0.2, 0) is 9.59 Å². The Kier molecular flexibility index (Phi) is 7.30. The van der Waals surface area contributed by atoms with Gasteiger partial charge in [-0.2, -0.15) is 0 Å². The minimum atomic E-state index is -0.831. The molecule has 0 aromatic heterocycles. The number of aliphatic hydroxyl groups is 1. The number of ether oxygens (including phenoxy) is 2. The Morgan fingerprint density at radius 1 is 1.12 bits per heavy atom. The second-order valence-corrected chi connectivity index (χ2v) is 7.76. The highest BCUT2D eigenvalue weighted by atomic mass is 35.5. The van der Waals surface area contributed by atoms with Gasteiger partial charge in [-0.05, 0) is 49.2 Å². The van der Waals surface area contributed by atoms with Crippen LogP contribution >= 0.6 is 11.6 Å². The number of methoxy groups -OCH3 is 1. The van der Waals surface area contributed by atoms with Crippen LogP contribution < -0.4 is 9.47 Å². The van der Waals surface area contributed by atoms with Gasteiger partial charge in [0.1, 0.15) is 11.5 Å². The maximum atomic E-state index is 13.0. The van der Waals surface area contributed by atoms with Crippen molar-refractivity contribution >= 4 is 29.1 Å². The second kappa shape index (κ2) is 9.96. The summed E-state index contributed by atoms with van der Waals surface area (Å²) in [6.07, 6.45) is 1.51. The van der Waals surface area contributed by atoms with E-state index in [-0.39, 0.29) is 22.8 Å². The number of benzene rings is 2. The van der Waals surface area contributed by atoms with Crippen LogP contribution in [0.1, 0.15) is 43.9 Å². The van der Waals surface area contributed by atoms with E-state index in [2.05, 4.69) is 0 Å². The zero-order chi connectivity index (χ0) is 23.4. The molecule has 0 spiro atoms. The Morgan fingerprint density at radius 2 is 1.88 bits per heavy atom. The summed E-state index contributed by atoms with van der Waals surface area (Å²) < 4.78 is 10.7. The standard InChI is InChI=1S/C24H26ClNO6/c1-4-6-11-26-21(14-8-10-17(27)19(12-14)32-5-2)20(23(29)24(26)30)22(28)15-7-9-16(25)18(13-15)31-3/h7-10,12-13,21,27-28H,4-6,11H2,1-3H3/b22-20-. The topological polar surface area (TPSA) is 96.3 Å². The quantitative estimate of drug-likeness (QED) is 0.338. The highest BCUT2D eigenvalue weighted by Gasteiger charge is 2.46. The number of Topliss-reactive ketones (excluding diaryl/α,β-unsaturated/α-hetero) is 1. The molecule has 32 heavy (non-hydrogen) atoms. The van der Waals surface area contributed by atoms with Crippen LogP contribution in [0, 0.1) is 0 Å². The largest absolute Gasteiger partial charge is 0.507 e. The van der Waals surface area contributed by atoms with Crippen LogP contribution in [0.3, 0.4) is 0 Å². The Labute approximate surface area is 191 Å². The number of hydrogen-bond acceptors (Lipinski definition) is 6. The molecule has 1 amide bonds. The predicted molar refractivity (Wildman–Crippen MR) is 121 cm³/mol. The number of unbranched alkanes of at least 4 members (excludes halogenated alkanes) is 1. The number of aromatic hydroxyl groups is 1. The molecule has 2 aromatic carbocycles. The maximum Gasteiger partial charge on any atom is 0.295 e. The third-order valence-electron chi connectivity index (χ3n) is 5.32. The number of hydrogen-bond donors (Lipinski definition) is 2. The molecule has 3 rings (SSSR count). The first-order valence-corrected chi connectivity index (χ1v) is 10.8. The molecule has 1 aliphatic heterocycles. The van der Waals surface area contributed by atoms with Crippen LogP contribution in [-0.4, -0.2) is 47.1 Å². The van der Waals surface area contributed by atoms with Gasteiger partial charge in [0.05, 0.1) is 30.4 Å². The van der Waals surface area contributed by atoms with Crippen LogP contribution in [0.15, 0.2) is 42.0 Å². The molecule has 8 heteroatoms. The normalized spacial score (nSPS) is 17.6. The van der Waals surface area contributed by atoms with Gasteiger partial charge >= 0.3 is 0 Å². The fourth-order valence-electron chi connectivity index (χ4n) is 3.72. The maximum absolute atomic E-state index is 13.0. The molecule has 0 aliphatic carbocycles. The SMILES string of the molecule is CCCCN1C(=O)C(=O)/C(=C(\O)c2ccc(Cl)c(OC)c2)C1c1ccc(O)c(OCC)c1. The summed E-state index contributed by atoms with van der Waals surface area (Å²) in [5.74, 6) is -1.27. The molecular formula is C24H26ClNO6. The lowest BCUT2D eigenvalue weighted by Gasteiger charge is -2.25. The number of phenols is 1. The molecule has 2 N–H and O–H groups in total. The lowest BCUT2D eigenvalue weighted by atomic mass is 9.95. The zero-order valence-electron chi connectivity index (χ0n) is 18.2. The summed E-state index contributed by atoms with van der Waals surface area (Å²) in [4.78, 5) is 27.4. The van der Waals surface area contributed by atoms with Gasteiger partial charge in [0.15, 0.2) is 11.5 Å². The van der Waals surface area contributed by atoms with E-state index in [0.717, 1.165) is 6.42 Å². The number of rotatable bonds is 8. The molecule has 0 radical (unpaired) electrons. The molecule has 1 unspecified atom stereocenters. The monoisotopic (exact) mass is 459 g/mol. The molecule has 1 fully saturated rings. The zero-order valence-corrected chi connectivity index (χ0v) is 19.0. The first kappa shape index (κ1) is 23.5. The third-order valence-corrected chi connectivity index (χ3v) is 5.63. The van der Waals surface area contributed by atoms with Gasteiger partial charge in [-0.15, -0.1) is 0 Å². The van der Waals surface area contributed by atoms with Crippen molar-refractivity contribution in [2.45, 2.75) is 32.7 Å². The van der Waals surface area contributed by atoms with Crippen LogP contribution in [0.4, 0.5) is 0 Å². The van der Waals surface area contributed by atoms with E-state index in [1.807, 2.05) is 6.92 Å². The van der Waals surface area contributed by atoms with Crippen molar-refractivity contribution in [3.05, 3.63) is 58.1 Å². The molecule has 0 bridgehead atoms. The Hall–Kier alpha value is -3.19. The molecule has 7 nitrogen and oxygen atoms in total. The van der Waals surface area contributed by atoms with E-state index in [9.17, 15) is 19.8 Å². The summed E-state index contributed by atoms with van der Waals surface area (Å²) in [6, 6.07) is 8.43. The Morgan fingerprint density at radius 3 is 2.53 bits per heavy atom. The van der Waals surface area contributed by atoms with E-state index in [4.69, 9.17) is 21.1 Å². The molecule has 2 aromatic rings. The molecule has 170 valence electrons. The molecule has 1 atom stereocenters. The Bertz CT molecular complexity index is 1060. The van der Waals surface area contributed by atoms with E-state index >= 15 is 0 Å². The summed E-state index contributed by atoms with van der Waals surface area (Å²) >= 11 is 6.09. The average Bonchev–Trinajstić information content (AvgIpc) is 3.04. The number of nitrogens with zero attached hydrogens (tertiary/aromatic N) is 1. The number of halogens is 1. The van der Waals surface area contributed by atoms with Crippen molar-refractivity contribution in [2.75, 3.05) is 20.3 Å². The van der Waals surface area contributed by atoms with Gasteiger partial charge in [-0.1, -0.05) is 31.0 Å². The average molecular weight is 460 g/mol. The Balaban J connectivity index is 2.20. The first-order chi connectivity index (χ1) is 15.3. The minimum absolute atomic E-state index is 0.0383. The summed E-state index contributed by atoms with van der Waals surface area (Å²) in [6.45, 7) is 4.45. The van der Waals surface area contributed by atoms with E-state index in [1.165, 1.54) is 24.1 Å². The van der Waals surface area contributed by atoms with Crippen molar-refractivity contribution in [2.24, 2.45) is 0 Å². The predicted octanol–water partition coefficient (Wildman–Crippen LogP) is 4.67. The van der Waals surface area contributed by atoms with Crippen molar-refractivity contribution in [3.63, 3.8) is 0 Å². The molecular weight excluding hydrogens is 434 g/mol. The van der Waals surface area contributed by atoms with Gasteiger partial charge in [0, 0.05) is 12.1 Å². The number of aliphatic hydroxyl groups excluding tert-OH is 1. The van der Waals surface area contributed by atoms with Gasteiger partial charge in [0.25, 0.3) is 11.7 Å². The van der Waals surface area contributed by atoms with E-state index < -0.39 is 17.7 Å². The van der Waals surface area contributed by atoms with Crippen LogP contribution in [0.25, 0.3) is 5.76 Å². The van der Waals surface area contributed by atoms with E-state index in [0.29, 0.717) is 41.5 Å². The second-order valence-electron chi connectivity index (χ2n) is 7.36. The van der Waals surface area contributed by atoms with Crippen molar-refractivity contribution < 1.29 is 29.3 Å². The fourth-order valence-corrected chi connectivity index (χ4v) is 3.91. The summed E-state index contributed by atoms with van der Waals surface area (Å²) in [7, 11) is 1.44. The molecule has 0 saturated carbocycles. The van der Waals surface area contributed by atoms with Crippen LogP contribution in [0.2, 0.25) is 5.02 Å². The number of carbonyl (C=O) groups is 2. The van der Waals surface area contributed by atoms with Gasteiger partial charge < -0.3 is 24.6 Å². The number of phenolic OH excluding ortho intramolecular Hbond substituents is 1. The smallest absolute Gasteiger partial charge is 0.295 e. The highest BCUT2D eigenvalue weighted by molar-refractivity contribution is 6.46. The highest BCUT2D eigenvalue weighted by Crippen LogP contribution is 2.42. The van der Waals surface area contributed by atoms with E-state index in [1.54, 1.807) is 31.2 Å². The first-order valence-electron chi connectivity index (χ1n) is 10.4. The molecule has 1 saturated heterocycles. The summed E-state index contributed by atoms with van der Waals surface area (Å²) in [5.41, 5.74) is 0.807. The van der Waals surface area contributed by atoms with Crippen LogP contribution in [0.5, 0.6) is 17.2 Å². The van der Waals surface area contributed by atoms with Gasteiger partial charge in [-0.3, -0.25) is 9.59 Å². The number of ketones is 1. The van der Waals surface area contributed by atoms with Crippen molar-refractivity contribution in [1.29, 1.82) is 0 Å².